The number of aromatic nitrogens is 1. The normalized spacial score (nSPS) is 13.0. The highest BCUT2D eigenvalue weighted by Gasteiger charge is 2.18. The maximum atomic E-state index is 11.0. The molecule has 3 aromatic rings. The number of hydrogen-bond acceptors (Lipinski definition) is 4. The van der Waals surface area contributed by atoms with Gasteiger partial charge in [0.25, 0.3) is 0 Å². The van der Waals surface area contributed by atoms with Gasteiger partial charge in [0.05, 0.1) is 24.3 Å². The minimum absolute atomic E-state index is 0.162. The summed E-state index contributed by atoms with van der Waals surface area (Å²) in [4.78, 5) is 11.0. The van der Waals surface area contributed by atoms with Crippen LogP contribution in [0.25, 0.3) is 16.6 Å². The van der Waals surface area contributed by atoms with Crippen LogP contribution in [0.3, 0.4) is 0 Å². The monoisotopic (exact) mass is 320 g/mol. The lowest BCUT2D eigenvalue weighted by atomic mass is 10.1. The van der Waals surface area contributed by atoms with Crippen molar-refractivity contribution in [3.8, 4) is 17.5 Å². The first-order valence-electron chi connectivity index (χ1n) is 7.30. The summed E-state index contributed by atoms with van der Waals surface area (Å²) in [5.41, 5.74) is 3.89. The number of aromatic hydroxyl groups is 1. The van der Waals surface area contributed by atoms with E-state index < -0.39 is 5.97 Å². The fourth-order valence-corrected chi connectivity index (χ4v) is 3.05. The van der Waals surface area contributed by atoms with E-state index in [4.69, 9.17) is 9.84 Å². The van der Waals surface area contributed by atoms with Crippen LogP contribution in [0.1, 0.15) is 27.0 Å². The van der Waals surface area contributed by atoms with E-state index >= 15 is 0 Å². The minimum atomic E-state index is -1.19. The third-order valence-electron chi connectivity index (χ3n) is 4.25. The summed E-state index contributed by atoms with van der Waals surface area (Å²) in [5, 5.41) is 29.2. The van der Waals surface area contributed by atoms with Gasteiger partial charge < -0.3 is 19.5 Å². The Hall–Kier alpha value is -3.30. The smallest absolute Gasteiger partial charge is 0.339 e. The number of aromatic carboxylic acids is 1. The van der Waals surface area contributed by atoms with Crippen LogP contribution >= 0.6 is 0 Å². The molecule has 0 fully saturated rings. The van der Waals surface area contributed by atoms with Gasteiger partial charge in [-0.05, 0) is 35.4 Å². The zero-order valence-corrected chi connectivity index (χ0v) is 12.5. The van der Waals surface area contributed by atoms with Crippen LogP contribution < -0.4 is 0 Å². The van der Waals surface area contributed by atoms with Crippen LogP contribution in [0, 0.1) is 11.3 Å². The number of carbonyl (C=O) groups is 1. The molecule has 0 unspecified atom stereocenters. The fourth-order valence-electron chi connectivity index (χ4n) is 3.05. The summed E-state index contributed by atoms with van der Waals surface area (Å²) in [5.74, 6) is -1.51. The molecule has 0 saturated heterocycles. The molecule has 0 amide bonds. The molecule has 0 aliphatic carbocycles. The Balaban J connectivity index is 1.96. The fraction of sp³-hybridized carbons (Fsp3) is 0.111. The number of phenols is 1. The largest absolute Gasteiger partial charge is 0.507 e. The molecule has 0 atom stereocenters. The highest BCUT2D eigenvalue weighted by Crippen LogP contribution is 2.32. The second-order valence-electron chi connectivity index (χ2n) is 5.66. The van der Waals surface area contributed by atoms with E-state index in [2.05, 4.69) is 6.07 Å². The Morgan fingerprint density at radius 2 is 1.96 bits per heavy atom. The molecular formula is C18H12N2O4. The van der Waals surface area contributed by atoms with Crippen molar-refractivity contribution in [2.45, 2.75) is 13.2 Å². The summed E-state index contributed by atoms with van der Waals surface area (Å²) >= 11 is 0. The molecule has 24 heavy (non-hydrogen) atoms. The Morgan fingerprint density at radius 1 is 1.21 bits per heavy atom. The van der Waals surface area contributed by atoms with Gasteiger partial charge in [0, 0.05) is 23.3 Å². The minimum Gasteiger partial charge on any atom is -0.507 e. The van der Waals surface area contributed by atoms with Crippen LogP contribution in [0.4, 0.5) is 0 Å². The van der Waals surface area contributed by atoms with Crippen molar-refractivity contribution in [1.82, 2.24) is 4.57 Å². The lowest BCUT2D eigenvalue weighted by Gasteiger charge is -2.08. The number of benzene rings is 2. The first-order chi connectivity index (χ1) is 11.6. The molecule has 0 spiro atoms. The van der Waals surface area contributed by atoms with E-state index in [1.54, 1.807) is 16.8 Å². The Bertz CT molecular complexity index is 1040. The van der Waals surface area contributed by atoms with Gasteiger partial charge in [-0.3, -0.25) is 0 Å². The topological polar surface area (TPSA) is 95.5 Å². The molecule has 1 aromatic heterocycles. The average molecular weight is 320 g/mol. The summed E-state index contributed by atoms with van der Waals surface area (Å²) in [6.45, 7) is 1.07. The molecule has 2 heterocycles. The third kappa shape index (κ3) is 2.03. The number of rotatable bonds is 2. The molecule has 6 nitrogen and oxygen atoms in total. The van der Waals surface area contributed by atoms with Gasteiger partial charge in [0.15, 0.2) is 0 Å². The van der Waals surface area contributed by atoms with Gasteiger partial charge >= 0.3 is 5.97 Å². The molecule has 4 rings (SSSR count). The molecule has 0 bridgehead atoms. The van der Waals surface area contributed by atoms with Gasteiger partial charge in [-0.25, -0.2) is 4.79 Å². The molecular weight excluding hydrogens is 308 g/mol. The van der Waals surface area contributed by atoms with E-state index in [9.17, 15) is 15.2 Å². The Kier molecular flexibility index (Phi) is 3.05. The summed E-state index contributed by atoms with van der Waals surface area (Å²) in [6.07, 6.45) is 1.69. The van der Waals surface area contributed by atoms with Crippen LogP contribution in [-0.2, 0) is 18.0 Å². The van der Waals surface area contributed by atoms with E-state index in [1.165, 1.54) is 12.1 Å². The summed E-state index contributed by atoms with van der Waals surface area (Å²) in [7, 11) is 0. The second-order valence-corrected chi connectivity index (χ2v) is 5.66. The number of nitrogens with zero attached hydrogens (tertiary/aromatic N) is 2. The molecule has 1 aliphatic rings. The van der Waals surface area contributed by atoms with E-state index in [1.807, 2.05) is 12.1 Å². The van der Waals surface area contributed by atoms with Crippen molar-refractivity contribution in [1.29, 1.82) is 5.26 Å². The highest BCUT2D eigenvalue weighted by atomic mass is 16.5. The Labute approximate surface area is 136 Å². The quantitative estimate of drug-likeness (QED) is 0.757. The molecule has 1 aliphatic heterocycles. The molecule has 2 aromatic carbocycles. The Morgan fingerprint density at radius 3 is 2.62 bits per heavy atom. The molecule has 2 N–H and O–H groups in total. The summed E-state index contributed by atoms with van der Waals surface area (Å²) < 4.78 is 7.21. The standard InChI is InChI=1S/C18H12N2O4/c19-6-12-7-20(13-1-2-14(18(22)23)17(21)5-13)16-4-11-9-24-8-10(11)3-15(12)16/h1-5,7,21H,8-9H2,(H,22,23). The van der Waals surface area contributed by atoms with Crippen molar-refractivity contribution in [2.24, 2.45) is 0 Å². The first kappa shape index (κ1) is 14.3. The van der Waals surface area contributed by atoms with Crippen molar-refractivity contribution in [3.05, 3.63) is 58.8 Å². The van der Waals surface area contributed by atoms with Gasteiger partial charge in [0.2, 0.25) is 0 Å². The van der Waals surface area contributed by atoms with Gasteiger partial charge in [-0.1, -0.05) is 0 Å². The van der Waals surface area contributed by atoms with Crippen molar-refractivity contribution in [2.75, 3.05) is 0 Å². The SMILES string of the molecule is N#Cc1cn(-c2ccc(C(=O)O)c(O)c2)c2cc3c(cc12)COC3. The second kappa shape index (κ2) is 5.11. The van der Waals surface area contributed by atoms with E-state index in [0.29, 0.717) is 24.5 Å². The van der Waals surface area contributed by atoms with Crippen molar-refractivity contribution < 1.29 is 19.7 Å². The van der Waals surface area contributed by atoms with E-state index in [0.717, 1.165) is 22.0 Å². The number of carboxylic acid groups (broad SMARTS) is 1. The average Bonchev–Trinajstić information content (AvgIpc) is 3.15. The number of hydrogen-bond donors (Lipinski definition) is 2. The molecule has 6 heteroatoms. The number of ether oxygens (including phenoxy) is 1. The van der Waals surface area contributed by atoms with Crippen LogP contribution in [0.5, 0.6) is 5.75 Å². The summed E-state index contributed by atoms with van der Waals surface area (Å²) in [6, 6.07) is 10.4. The van der Waals surface area contributed by atoms with Gasteiger partial charge in [-0.2, -0.15) is 5.26 Å². The van der Waals surface area contributed by atoms with E-state index in [-0.39, 0.29) is 11.3 Å². The molecule has 0 saturated carbocycles. The van der Waals surface area contributed by atoms with Gasteiger partial charge in [0.1, 0.15) is 17.4 Å². The van der Waals surface area contributed by atoms with Crippen molar-refractivity contribution >= 4 is 16.9 Å². The molecule has 0 radical (unpaired) electrons. The predicted molar refractivity (Wildman–Crippen MR) is 85.1 cm³/mol. The van der Waals surface area contributed by atoms with Gasteiger partial charge in [-0.15, -0.1) is 0 Å². The van der Waals surface area contributed by atoms with Crippen molar-refractivity contribution in [3.63, 3.8) is 0 Å². The molecule has 118 valence electrons. The predicted octanol–water partition coefficient (Wildman–Crippen LogP) is 2.94. The maximum Gasteiger partial charge on any atom is 0.339 e. The highest BCUT2D eigenvalue weighted by molar-refractivity contribution is 5.92. The number of fused-ring (bicyclic) bond motifs is 2. The lowest BCUT2D eigenvalue weighted by Crippen LogP contribution is -1.99. The first-order valence-corrected chi connectivity index (χ1v) is 7.30. The van der Waals surface area contributed by atoms with Crippen LogP contribution in [-0.4, -0.2) is 20.7 Å². The number of carboxylic acids is 1. The zero-order valence-electron chi connectivity index (χ0n) is 12.5. The third-order valence-corrected chi connectivity index (χ3v) is 4.25. The van der Waals surface area contributed by atoms with Crippen LogP contribution in [0.2, 0.25) is 0 Å². The zero-order chi connectivity index (χ0) is 16.8. The lowest BCUT2D eigenvalue weighted by molar-refractivity contribution is 0.0694. The van der Waals surface area contributed by atoms with Crippen LogP contribution in [0.15, 0.2) is 36.5 Å². The maximum absolute atomic E-state index is 11.0. The number of nitriles is 1.